The van der Waals surface area contributed by atoms with Crippen molar-refractivity contribution in [1.29, 1.82) is 0 Å². The molecule has 28 heavy (non-hydrogen) atoms. The van der Waals surface area contributed by atoms with E-state index in [9.17, 15) is 10.1 Å². The van der Waals surface area contributed by atoms with E-state index in [4.69, 9.17) is 4.74 Å². The van der Waals surface area contributed by atoms with Gasteiger partial charge in [0.25, 0.3) is 0 Å². The zero-order valence-corrected chi connectivity index (χ0v) is 16.8. The minimum atomic E-state index is -0.360. The Morgan fingerprint density at radius 2 is 1.82 bits per heavy atom. The van der Waals surface area contributed by atoms with Crippen LogP contribution >= 0.6 is 11.8 Å². The van der Waals surface area contributed by atoms with Gasteiger partial charge in [0.1, 0.15) is 16.8 Å². The third kappa shape index (κ3) is 4.51. The second-order valence-corrected chi connectivity index (χ2v) is 7.45. The van der Waals surface area contributed by atoms with Gasteiger partial charge in [-0.25, -0.2) is 0 Å². The number of nitro groups is 1. The molecule has 8 heteroatoms. The molecule has 1 aromatic heterocycles. The lowest BCUT2D eigenvalue weighted by Crippen LogP contribution is -2.11. The van der Waals surface area contributed by atoms with Gasteiger partial charge in [-0.05, 0) is 48.7 Å². The van der Waals surface area contributed by atoms with E-state index in [2.05, 4.69) is 17.1 Å². The van der Waals surface area contributed by atoms with Gasteiger partial charge in [-0.15, -0.1) is 10.2 Å². The van der Waals surface area contributed by atoms with Crippen LogP contribution in [0.25, 0.3) is 5.69 Å². The molecule has 0 amide bonds. The summed E-state index contributed by atoms with van der Waals surface area (Å²) < 4.78 is 7.11. The van der Waals surface area contributed by atoms with Crippen LogP contribution < -0.4 is 4.74 Å². The maximum absolute atomic E-state index is 11.3. The van der Waals surface area contributed by atoms with E-state index in [0.29, 0.717) is 11.0 Å². The topological polar surface area (TPSA) is 83.1 Å². The molecule has 3 rings (SSSR count). The average molecular weight is 398 g/mol. The Bertz CT molecular complexity index is 939. The minimum Gasteiger partial charge on any atom is -0.497 e. The standard InChI is InChI=1S/C20H22N4O3S/c1-4-15-5-7-16(8-6-15)19(13-23(25)26)28-20-22-21-14(2)24(20)17-9-11-18(27-3)12-10-17/h5-12,19H,4,13H2,1-3H3/t19-/m1/s1. The number of methoxy groups -OCH3 is 1. The van der Waals surface area contributed by atoms with Crippen molar-refractivity contribution in [2.75, 3.05) is 13.7 Å². The lowest BCUT2D eigenvalue weighted by Gasteiger charge is -2.15. The number of aromatic nitrogens is 3. The lowest BCUT2D eigenvalue weighted by atomic mass is 10.1. The van der Waals surface area contributed by atoms with Gasteiger partial charge in [0, 0.05) is 10.6 Å². The number of hydrogen-bond acceptors (Lipinski definition) is 6. The first-order valence-corrected chi connectivity index (χ1v) is 9.83. The lowest BCUT2D eigenvalue weighted by molar-refractivity contribution is -0.479. The average Bonchev–Trinajstić information content (AvgIpc) is 3.07. The molecule has 7 nitrogen and oxygen atoms in total. The summed E-state index contributed by atoms with van der Waals surface area (Å²) in [5, 5.41) is 20.0. The Hall–Kier alpha value is -2.87. The van der Waals surface area contributed by atoms with E-state index in [0.717, 1.165) is 23.4 Å². The van der Waals surface area contributed by atoms with Crippen LogP contribution in [-0.2, 0) is 6.42 Å². The highest BCUT2D eigenvalue weighted by atomic mass is 32.2. The van der Waals surface area contributed by atoms with Crippen LogP contribution in [0, 0.1) is 17.0 Å². The quantitative estimate of drug-likeness (QED) is 0.320. The molecule has 0 fully saturated rings. The smallest absolute Gasteiger partial charge is 0.220 e. The zero-order valence-electron chi connectivity index (χ0n) is 16.0. The maximum Gasteiger partial charge on any atom is 0.220 e. The molecular formula is C20H22N4O3S. The molecule has 0 aliphatic rings. The molecular weight excluding hydrogens is 376 g/mol. The normalized spacial score (nSPS) is 12.0. The molecule has 0 bridgehead atoms. The SMILES string of the molecule is CCc1ccc([C@@H](C[N+](=O)[O-])Sc2nnc(C)n2-c2ccc(OC)cc2)cc1. The fourth-order valence-corrected chi connectivity index (χ4v) is 4.06. The predicted molar refractivity (Wildman–Crippen MR) is 109 cm³/mol. The second-order valence-electron chi connectivity index (χ2n) is 6.28. The Morgan fingerprint density at radius 3 is 2.39 bits per heavy atom. The zero-order chi connectivity index (χ0) is 20.1. The first kappa shape index (κ1) is 19.9. The van der Waals surface area contributed by atoms with Crippen LogP contribution in [0.15, 0.2) is 53.7 Å². The summed E-state index contributed by atoms with van der Waals surface area (Å²) in [5.41, 5.74) is 2.98. The molecule has 3 aromatic rings. The minimum absolute atomic E-state index is 0.190. The highest BCUT2D eigenvalue weighted by molar-refractivity contribution is 7.99. The van der Waals surface area contributed by atoms with Crippen molar-refractivity contribution in [1.82, 2.24) is 14.8 Å². The summed E-state index contributed by atoms with van der Waals surface area (Å²) >= 11 is 1.35. The summed E-state index contributed by atoms with van der Waals surface area (Å²) in [4.78, 5) is 11.0. The number of thioether (sulfide) groups is 1. The van der Waals surface area contributed by atoms with Gasteiger partial charge in [0.05, 0.1) is 7.11 Å². The molecule has 0 N–H and O–H groups in total. The van der Waals surface area contributed by atoms with E-state index >= 15 is 0 Å². The van der Waals surface area contributed by atoms with Crippen LogP contribution in [0.4, 0.5) is 0 Å². The first-order valence-electron chi connectivity index (χ1n) is 8.95. The van der Waals surface area contributed by atoms with Gasteiger partial charge in [0.15, 0.2) is 5.16 Å². The van der Waals surface area contributed by atoms with Gasteiger partial charge in [-0.3, -0.25) is 14.7 Å². The van der Waals surface area contributed by atoms with Crippen LogP contribution in [0.3, 0.4) is 0 Å². The van der Waals surface area contributed by atoms with Crippen LogP contribution in [0.5, 0.6) is 5.75 Å². The molecule has 1 heterocycles. The molecule has 0 unspecified atom stereocenters. The third-order valence-electron chi connectivity index (χ3n) is 4.45. The number of benzene rings is 2. The van der Waals surface area contributed by atoms with E-state index in [1.807, 2.05) is 60.0 Å². The van der Waals surface area contributed by atoms with Crippen LogP contribution in [0.1, 0.15) is 29.1 Å². The van der Waals surface area contributed by atoms with Crippen molar-refractivity contribution in [2.45, 2.75) is 30.7 Å². The van der Waals surface area contributed by atoms with Crippen molar-refractivity contribution >= 4 is 11.8 Å². The first-order chi connectivity index (χ1) is 13.5. The van der Waals surface area contributed by atoms with Gasteiger partial charge >= 0.3 is 0 Å². The molecule has 0 saturated carbocycles. The molecule has 146 valence electrons. The number of rotatable bonds is 8. The Kier molecular flexibility index (Phi) is 6.30. The fraction of sp³-hybridized carbons (Fsp3) is 0.300. The Morgan fingerprint density at radius 1 is 1.14 bits per heavy atom. The van der Waals surface area contributed by atoms with Crippen LogP contribution in [0.2, 0.25) is 0 Å². The van der Waals surface area contributed by atoms with Crippen molar-refractivity contribution in [3.63, 3.8) is 0 Å². The van der Waals surface area contributed by atoms with Crippen molar-refractivity contribution < 1.29 is 9.66 Å². The molecule has 0 radical (unpaired) electrons. The molecule has 0 saturated heterocycles. The predicted octanol–water partition coefficient (Wildman–Crippen LogP) is 4.26. The van der Waals surface area contributed by atoms with Gasteiger partial charge in [-0.1, -0.05) is 43.0 Å². The summed E-state index contributed by atoms with van der Waals surface area (Å²) in [5.74, 6) is 1.47. The van der Waals surface area contributed by atoms with E-state index < -0.39 is 0 Å². The van der Waals surface area contributed by atoms with Crippen molar-refractivity contribution in [3.8, 4) is 11.4 Å². The fourth-order valence-electron chi connectivity index (χ4n) is 2.89. The molecule has 1 atom stereocenters. The monoisotopic (exact) mass is 398 g/mol. The van der Waals surface area contributed by atoms with Crippen molar-refractivity contribution in [2.24, 2.45) is 0 Å². The van der Waals surface area contributed by atoms with E-state index in [1.165, 1.54) is 17.3 Å². The Balaban J connectivity index is 1.93. The number of ether oxygens (including phenoxy) is 1. The molecule has 0 spiro atoms. The van der Waals surface area contributed by atoms with Crippen molar-refractivity contribution in [3.05, 3.63) is 75.6 Å². The molecule has 0 aliphatic carbocycles. The summed E-state index contributed by atoms with van der Waals surface area (Å²) in [6.07, 6.45) is 0.929. The summed E-state index contributed by atoms with van der Waals surface area (Å²) in [6, 6.07) is 15.5. The van der Waals surface area contributed by atoms with Gasteiger partial charge in [0.2, 0.25) is 6.54 Å². The van der Waals surface area contributed by atoms with Gasteiger partial charge in [-0.2, -0.15) is 0 Å². The number of hydrogen-bond donors (Lipinski definition) is 0. The van der Waals surface area contributed by atoms with E-state index in [1.54, 1.807) is 7.11 Å². The molecule has 0 aliphatic heterocycles. The second kappa shape index (κ2) is 8.88. The summed E-state index contributed by atoms with van der Waals surface area (Å²) in [6.45, 7) is 3.75. The summed E-state index contributed by atoms with van der Waals surface area (Å²) in [7, 11) is 1.62. The highest BCUT2D eigenvalue weighted by Crippen LogP contribution is 2.36. The third-order valence-corrected chi connectivity index (χ3v) is 5.63. The highest BCUT2D eigenvalue weighted by Gasteiger charge is 2.23. The Labute approximate surface area is 167 Å². The number of aryl methyl sites for hydroxylation is 2. The van der Waals surface area contributed by atoms with E-state index in [-0.39, 0.29) is 16.7 Å². The van der Waals surface area contributed by atoms with Crippen LogP contribution in [-0.4, -0.2) is 33.3 Å². The molecule has 2 aromatic carbocycles. The maximum atomic E-state index is 11.3. The van der Waals surface area contributed by atoms with Gasteiger partial charge < -0.3 is 4.74 Å². The number of nitrogens with zero attached hydrogens (tertiary/aromatic N) is 4. The largest absolute Gasteiger partial charge is 0.497 e.